The molecule has 1 atom stereocenters. The van der Waals surface area contributed by atoms with Gasteiger partial charge in [-0.1, -0.05) is 29.8 Å². The lowest BCUT2D eigenvalue weighted by Gasteiger charge is -2.40. The number of aliphatic hydroxyl groups excluding tert-OH is 1. The molecule has 0 saturated heterocycles. The minimum atomic E-state index is -0.961. The highest BCUT2D eigenvalue weighted by Gasteiger charge is 2.41. The molecule has 0 aliphatic heterocycles. The van der Waals surface area contributed by atoms with Crippen LogP contribution >= 0.6 is 11.6 Å². The zero-order chi connectivity index (χ0) is 16.6. The van der Waals surface area contributed by atoms with Gasteiger partial charge in [-0.05, 0) is 66.6 Å². The summed E-state index contributed by atoms with van der Waals surface area (Å²) in [4.78, 5) is 11.7. The number of halogens is 1. The Morgan fingerprint density at radius 1 is 1.30 bits per heavy atom. The number of aliphatic hydroxyl groups is 1. The first kappa shape index (κ1) is 16.0. The van der Waals surface area contributed by atoms with Crippen LogP contribution in [0.3, 0.4) is 0 Å². The van der Waals surface area contributed by atoms with E-state index in [1.807, 2.05) is 31.2 Å². The van der Waals surface area contributed by atoms with E-state index in [0.717, 1.165) is 41.5 Å². The Morgan fingerprint density at radius 2 is 2.09 bits per heavy atom. The molecule has 0 aromatic heterocycles. The summed E-state index contributed by atoms with van der Waals surface area (Å²) in [6, 6.07) is 11.0. The second-order valence-corrected chi connectivity index (χ2v) is 6.63. The molecule has 1 aliphatic carbocycles. The van der Waals surface area contributed by atoms with Gasteiger partial charge in [0.05, 0.1) is 12.2 Å². The van der Waals surface area contributed by atoms with Crippen LogP contribution in [0.5, 0.6) is 0 Å². The van der Waals surface area contributed by atoms with Crippen LogP contribution in [0, 0.1) is 6.92 Å². The number of carboxylic acids is 1. The van der Waals surface area contributed by atoms with Gasteiger partial charge in [0.15, 0.2) is 0 Å². The molecule has 0 radical (unpaired) electrons. The smallest absolute Gasteiger partial charge is 0.336 e. The Hall–Kier alpha value is -1.84. The molecule has 0 fully saturated rings. The van der Waals surface area contributed by atoms with Crippen molar-refractivity contribution >= 4 is 17.6 Å². The van der Waals surface area contributed by atoms with Crippen molar-refractivity contribution in [3.8, 4) is 0 Å². The Bertz CT molecular complexity index is 769. The van der Waals surface area contributed by atoms with Crippen molar-refractivity contribution in [2.75, 3.05) is 6.61 Å². The fourth-order valence-corrected chi connectivity index (χ4v) is 4.13. The van der Waals surface area contributed by atoms with Crippen LogP contribution in [-0.4, -0.2) is 22.8 Å². The standard InChI is InChI=1S/C19H19ClO3/c1-12-4-2-6-15(18(22)23)17(12)19(11-21)9-3-5-13-10-14(20)7-8-16(13)19/h2,4,6-8,10,21H,3,5,9,11H2,1H3,(H,22,23)/t19-/m0/s1. The van der Waals surface area contributed by atoms with Gasteiger partial charge in [-0.3, -0.25) is 0 Å². The zero-order valence-electron chi connectivity index (χ0n) is 13.0. The van der Waals surface area contributed by atoms with Gasteiger partial charge in [-0.25, -0.2) is 4.79 Å². The van der Waals surface area contributed by atoms with Gasteiger partial charge < -0.3 is 10.2 Å². The van der Waals surface area contributed by atoms with Crippen molar-refractivity contribution in [1.82, 2.24) is 0 Å². The summed E-state index contributed by atoms with van der Waals surface area (Å²) in [6.07, 6.45) is 2.51. The predicted octanol–water partition coefficient (Wildman–Crippen LogP) is 3.96. The minimum Gasteiger partial charge on any atom is -0.478 e. The lowest BCUT2D eigenvalue weighted by molar-refractivity contribution is 0.0692. The summed E-state index contributed by atoms with van der Waals surface area (Å²) in [5, 5.41) is 20.6. The van der Waals surface area contributed by atoms with Crippen molar-refractivity contribution in [3.63, 3.8) is 0 Å². The molecule has 3 rings (SSSR count). The molecule has 2 aromatic carbocycles. The van der Waals surface area contributed by atoms with Crippen molar-refractivity contribution in [1.29, 1.82) is 0 Å². The quantitative estimate of drug-likeness (QED) is 0.895. The number of benzene rings is 2. The fraction of sp³-hybridized carbons (Fsp3) is 0.316. The van der Waals surface area contributed by atoms with Crippen LogP contribution in [0.4, 0.5) is 0 Å². The topological polar surface area (TPSA) is 57.5 Å². The molecule has 3 nitrogen and oxygen atoms in total. The Kier molecular flexibility index (Phi) is 4.17. The van der Waals surface area contributed by atoms with Crippen LogP contribution in [0.15, 0.2) is 36.4 Å². The van der Waals surface area contributed by atoms with Crippen molar-refractivity contribution in [3.05, 3.63) is 69.2 Å². The third kappa shape index (κ3) is 2.54. The third-order valence-corrected chi connectivity index (χ3v) is 5.12. The van der Waals surface area contributed by atoms with E-state index in [2.05, 4.69) is 0 Å². The van der Waals surface area contributed by atoms with Crippen molar-refractivity contribution in [2.45, 2.75) is 31.6 Å². The van der Waals surface area contributed by atoms with E-state index in [9.17, 15) is 15.0 Å². The maximum atomic E-state index is 11.7. The van der Waals surface area contributed by atoms with Crippen LogP contribution in [-0.2, 0) is 11.8 Å². The van der Waals surface area contributed by atoms with Gasteiger partial charge in [0.25, 0.3) is 0 Å². The molecule has 0 amide bonds. The maximum absolute atomic E-state index is 11.7. The SMILES string of the molecule is Cc1cccc(C(=O)O)c1[C@]1(CO)CCCc2cc(Cl)ccc21. The number of hydrogen-bond donors (Lipinski definition) is 2. The second kappa shape index (κ2) is 5.99. The number of fused-ring (bicyclic) bond motifs is 1. The van der Waals surface area contributed by atoms with Crippen LogP contribution in [0.2, 0.25) is 5.02 Å². The normalized spacial score (nSPS) is 20.1. The lowest BCUT2D eigenvalue weighted by Crippen LogP contribution is -2.38. The summed E-state index contributed by atoms with van der Waals surface area (Å²) < 4.78 is 0. The van der Waals surface area contributed by atoms with Crippen LogP contribution in [0.25, 0.3) is 0 Å². The summed E-state index contributed by atoms with van der Waals surface area (Å²) in [6.45, 7) is 1.79. The number of rotatable bonds is 3. The summed E-state index contributed by atoms with van der Waals surface area (Å²) in [7, 11) is 0. The molecule has 0 spiro atoms. The molecule has 4 heteroatoms. The largest absolute Gasteiger partial charge is 0.478 e. The van der Waals surface area contributed by atoms with Gasteiger partial charge in [-0.2, -0.15) is 0 Å². The molecule has 2 N–H and O–H groups in total. The fourth-order valence-electron chi connectivity index (χ4n) is 3.94. The highest BCUT2D eigenvalue weighted by atomic mass is 35.5. The predicted molar refractivity (Wildman–Crippen MR) is 90.4 cm³/mol. The highest BCUT2D eigenvalue weighted by molar-refractivity contribution is 6.30. The van der Waals surface area contributed by atoms with E-state index < -0.39 is 11.4 Å². The Labute approximate surface area is 140 Å². The van der Waals surface area contributed by atoms with E-state index in [4.69, 9.17) is 11.6 Å². The van der Waals surface area contributed by atoms with Gasteiger partial charge >= 0.3 is 5.97 Å². The van der Waals surface area contributed by atoms with Gasteiger partial charge in [-0.15, -0.1) is 0 Å². The number of aryl methyl sites for hydroxylation is 2. The molecule has 0 heterocycles. The zero-order valence-corrected chi connectivity index (χ0v) is 13.7. The van der Waals surface area contributed by atoms with Crippen molar-refractivity contribution < 1.29 is 15.0 Å². The number of carboxylic acid groups (broad SMARTS) is 1. The van der Waals surface area contributed by atoms with E-state index in [1.165, 1.54) is 0 Å². The molecule has 120 valence electrons. The first-order valence-corrected chi connectivity index (χ1v) is 8.10. The Balaban J connectivity index is 2.32. The number of hydrogen-bond acceptors (Lipinski definition) is 2. The molecule has 0 saturated carbocycles. The second-order valence-electron chi connectivity index (χ2n) is 6.20. The molecule has 1 aliphatic rings. The first-order valence-electron chi connectivity index (χ1n) is 7.73. The monoisotopic (exact) mass is 330 g/mol. The molecule has 23 heavy (non-hydrogen) atoms. The molecule has 0 bridgehead atoms. The number of carbonyl (C=O) groups is 1. The molecule has 0 unspecified atom stereocenters. The molecular weight excluding hydrogens is 312 g/mol. The van der Waals surface area contributed by atoms with Crippen molar-refractivity contribution in [2.24, 2.45) is 0 Å². The maximum Gasteiger partial charge on any atom is 0.336 e. The Morgan fingerprint density at radius 3 is 2.78 bits per heavy atom. The molecular formula is C19H19ClO3. The average Bonchev–Trinajstić information content (AvgIpc) is 2.53. The van der Waals surface area contributed by atoms with Gasteiger partial charge in [0, 0.05) is 10.4 Å². The summed E-state index contributed by atoms with van der Waals surface area (Å²) in [5.74, 6) is -0.961. The highest BCUT2D eigenvalue weighted by Crippen LogP contribution is 2.45. The van der Waals surface area contributed by atoms with Gasteiger partial charge in [0.2, 0.25) is 0 Å². The average molecular weight is 331 g/mol. The van der Waals surface area contributed by atoms with E-state index in [-0.39, 0.29) is 12.2 Å². The third-order valence-electron chi connectivity index (χ3n) is 4.88. The molecule has 2 aromatic rings. The first-order chi connectivity index (χ1) is 11.0. The van der Waals surface area contributed by atoms with Gasteiger partial charge in [0.1, 0.15) is 0 Å². The summed E-state index contributed by atoms with van der Waals surface area (Å²) in [5.41, 5.74) is 3.28. The van der Waals surface area contributed by atoms with E-state index in [0.29, 0.717) is 5.02 Å². The van der Waals surface area contributed by atoms with Crippen LogP contribution in [0.1, 0.15) is 45.5 Å². The minimum absolute atomic E-state index is 0.118. The van der Waals surface area contributed by atoms with Crippen LogP contribution < -0.4 is 0 Å². The lowest BCUT2D eigenvalue weighted by atomic mass is 9.64. The summed E-state index contributed by atoms with van der Waals surface area (Å²) >= 11 is 6.12. The number of aromatic carboxylic acids is 1. The van der Waals surface area contributed by atoms with E-state index >= 15 is 0 Å². The van der Waals surface area contributed by atoms with E-state index in [1.54, 1.807) is 12.1 Å².